The zero-order valence-corrected chi connectivity index (χ0v) is 85.3. The average molecular weight is 2040 g/mol. The minimum absolute atomic E-state index is 0.00511. The summed E-state index contributed by atoms with van der Waals surface area (Å²) in [5.74, 6) is -19.2. The molecule has 52 nitrogen and oxygen atoms in total. The number of carbonyl (C=O) groups is 16. The smallest absolute Gasteiger partial charge is 0.243 e. The third-order valence-corrected chi connectivity index (χ3v) is 23.8. The Hall–Kier alpha value is -14.9. The van der Waals surface area contributed by atoms with Gasteiger partial charge in [-0.2, -0.15) is 0 Å². The molecule has 0 aliphatic heterocycles. The van der Waals surface area contributed by atoms with Crippen molar-refractivity contribution in [3.63, 3.8) is 0 Å². The summed E-state index contributed by atoms with van der Waals surface area (Å²) in [6, 6.07) is -6.65. The van der Waals surface area contributed by atoms with E-state index in [-0.39, 0.29) is 160 Å². The number of primary amides is 1. The van der Waals surface area contributed by atoms with Crippen molar-refractivity contribution < 1.29 is 76.7 Å². The van der Waals surface area contributed by atoms with Crippen LogP contribution in [0.15, 0.2) is 60.8 Å². The molecule has 18 atom stereocenters. The van der Waals surface area contributed by atoms with E-state index in [4.69, 9.17) is 78.3 Å². The first-order valence-electron chi connectivity index (χ1n) is 49.0. The summed E-state index contributed by atoms with van der Waals surface area (Å²) in [5, 5.41) is 103. The minimum atomic E-state index is -1.55. The highest BCUT2D eigenvalue weighted by atomic mass is 16.2. The van der Waals surface area contributed by atoms with Crippen molar-refractivity contribution in [3.8, 4) is 0 Å². The van der Waals surface area contributed by atoms with E-state index in [0.29, 0.717) is 17.5 Å². The molecule has 0 radical (unpaired) electrons. The van der Waals surface area contributed by atoms with Gasteiger partial charge in [0.15, 0.2) is 35.8 Å². The van der Waals surface area contributed by atoms with Gasteiger partial charge in [0.2, 0.25) is 94.5 Å². The van der Waals surface area contributed by atoms with E-state index in [2.05, 4.69) is 117 Å². The summed E-state index contributed by atoms with van der Waals surface area (Å²) in [7, 11) is 0. The zero-order chi connectivity index (χ0) is 109. The summed E-state index contributed by atoms with van der Waals surface area (Å²) in [4.78, 5) is 234. The second-order valence-corrected chi connectivity index (χ2v) is 37.2. The number of H-pyrrole nitrogens is 1. The quantitative estimate of drug-likeness (QED) is 0.0142. The first-order valence-corrected chi connectivity index (χ1v) is 49.0. The van der Waals surface area contributed by atoms with Crippen LogP contribution < -0.4 is 158 Å². The second-order valence-electron chi connectivity index (χ2n) is 37.2. The maximum absolute atomic E-state index is 15.3. The number of hydrogen-bond donors (Lipinski definition) is 36. The number of guanidine groups is 6. The molecule has 0 aliphatic rings. The van der Waals surface area contributed by atoms with Gasteiger partial charge < -0.3 is 163 Å². The highest BCUT2D eigenvalue weighted by Crippen LogP contribution is 2.22. The van der Waals surface area contributed by atoms with Crippen LogP contribution in [0, 0.1) is 62.0 Å². The lowest BCUT2D eigenvalue weighted by atomic mass is 9.95. The molecule has 52 heteroatoms. The van der Waals surface area contributed by atoms with Gasteiger partial charge in [-0.1, -0.05) is 131 Å². The maximum Gasteiger partial charge on any atom is 0.243 e. The van der Waals surface area contributed by atoms with Crippen LogP contribution in [0.5, 0.6) is 0 Å². The lowest BCUT2D eigenvalue weighted by molar-refractivity contribution is -0.137. The minimum Gasteiger partial charge on any atom is -0.370 e. The molecule has 1 heterocycles. The number of nitrogens with one attached hydrogen (secondary N) is 28. The van der Waals surface area contributed by atoms with E-state index in [9.17, 15) is 52.7 Å². The molecule has 1 aromatic heterocycles. The number of aromatic amines is 1. The molecule has 145 heavy (non-hydrogen) atoms. The predicted molar refractivity (Wildman–Crippen MR) is 548 cm³/mol. The summed E-state index contributed by atoms with van der Waals surface area (Å²) in [6.07, 6.45) is 1.77. The van der Waals surface area contributed by atoms with Gasteiger partial charge in [0.1, 0.15) is 90.6 Å². The number of para-hydroxylation sites is 1. The fourth-order valence-corrected chi connectivity index (χ4v) is 15.0. The molecule has 3 aromatic rings. The first-order chi connectivity index (χ1) is 68.3. The summed E-state index contributed by atoms with van der Waals surface area (Å²) in [5.41, 5.74) is 47.3. The Morgan fingerprint density at radius 1 is 0.297 bits per heavy atom. The third kappa shape index (κ3) is 46.8. The zero-order valence-electron chi connectivity index (χ0n) is 85.3. The maximum atomic E-state index is 15.3. The number of nitrogens with two attached hydrogens (primary N) is 8. The standard InChI is InChI=1S/C93H160N36O16/c1-14-50(9)70(86(144)122-62(33-23-39-110-90(100)101)79(137)120-60(31-21-37-108-88(96)97)77(135)116-53(12)75(133)124-66(72(95)130)45-56-46-114-59-30-20-19-29-57(56)59)128-83(141)67(44-55-27-17-16-18-28-55)125-80(138)63(34-24-40-111-91(102)103)123-87(145)71(51(10)15-2)129-85(143)69(49(7)8)127-82(140)65(36-26-42-113-93(106)107)121-78(136)61(32-22-38-109-89(98)99)118-74(132)54(13)117-84(142)68(48(5)6)126-81(139)64(35-25-41-112-92(104)105)119-73(131)52(11)115-76(134)58(94)43-47(3)4/h16-20,27-30,46-54,58,60-71,114H,14-15,21-26,31-45,94H2,1-13H3,(H2,95,130)(H,115,134)(H,116,135)(H,117,142)(H,118,132)(H,119,131)(H,120,137)(H,121,136)(H,122,144)(H,123,145)(H,124,133)(H,125,138)(H,126,139)(H,127,140)(H,128,141)(H,129,143)(H4,96,97,108)(H4,98,99,109)(H4,100,101,110)(H4,102,103,111)(H4,104,105,112)(H4,106,107,113)/t50-,51-,52-,53-,54-,58-,60-,61-,62-,63-,64-,65-,66-,67-,68-,69-,70-,71-/m0/s1. The lowest BCUT2D eigenvalue weighted by Gasteiger charge is -2.31. The van der Waals surface area contributed by atoms with Crippen LogP contribution in [0.1, 0.15) is 197 Å². The van der Waals surface area contributed by atoms with Crippen LogP contribution in [0.25, 0.3) is 10.9 Å². The highest BCUT2D eigenvalue weighted by Gasteiger charge is 2.41. The average Bonchev–Trinajstić information content (AvgIpc) is 1.74. The Morgan fingerprint density at radius 2 is 0.559 bits per heavy atom. The molecule has 3 rings (SSSR count). The molecule has 0 saturated heterocycles. The molecule has 0 fully saturated rings. The molecule has 0 bridgehead atoms. The van der Waals surface area contributed by atoms with Crippen LogP contribution >= 0.6 is 0 Å². The SMILES string of the molecule is CC[C@H](C)[C@H](NC(=O)[C@H](Cc1ccccc1)NC(=O)[C@H](CCCNC(=N)N)NC(=O)[C@@H](NC(=O)[C@@H](NC(=O)[C@H](CCCNC(=N)N)NC(=O)[C@H](CCCNC(=N)N)NC(=O)[C@H](C)NC(=O)[C@@H](NC(=O)[C@H](CCCNC(=N)N)NC(=O)[C@H](C)NC(=O)[C@@H](N)CC(C)C)C(C)C)C(C)C)[C@@H](C)CC)C(=O)N[C@@H](CCCNC(=N)N)C(=O)N[C@@H](CCCNC(=N)N)C(=O)N[C@@H](C)C(=O)N[C@@H](Cc1c[nH]c2ccccc12)C(N)=O. The van der Waals surface area contributed by atoms with E-state index in [1.54, 1.807) is 98.0 Å². The normalized spacial score (nSPS) is 14.8. The van der Waals surface area contributed by atoms with Crippen molar-refractivity contribution in [2.24, 2.45) is 75.5 Å². The van der Waals surface area contributed by atoms with E-state index >= 15 is 24.0 Å². The summed E-state index contributed by atoms with van der Waals surface area (Å²) >= 11 is 0. The van der Waals surface area contributed by atoms with Crippen molar-refractivity contribution in [2.45, 2.75) is 296 Å². The number of benzene rings is 2. The molecule has 16 amide bonds. The highest BCUT2D eigenvalue weighted by molar-refractivity contribution is 6.02. The van der Waals surface area contributed by atoms with E-state index in [1.807, 2.05) is 32.0 Å². The molecule has 0 saturated carbocycles. The first kappa shape index (κ1) is 124. The lowest BCUT2D eigenvalue weighted by Crippen LogP contribution is -2.62. The molecular formula is C93H160N36O16. The van der Waals surface area contributed by atoms with Crippen molar-refractivity contribution in [1.29, 1.82) is 32.5 Å². The van der Waals surface area contributed by atoms with Crippen molar-refractivity contribution in [2.75, 3.05) is 39.3 Å². The van der Waals surface area contributed by atoms with Gasteiger partial charge in [-0.3, -0.25) is 109 Å². The van der Waals surface area contributed by atoms with Gasteiger partial charge in [0, 0.05) is 69.2 Å². The summed E-state index contributed by atoms with van der Waals surface area (Å²) in [6.45, 7) is 21.0. The fourth-order valence-electron chi connectivity index (χ4n) is 15.0. The molecular weight excluding hydrogens is 1880 g/mol. The largest absolute Gasteiger partial charge is 0.370 e. The topological polar surface area (TPSA) is 893 Å². The van der Waals surface area contributed by atoms with Gasteiger partial charge >= 0.3 is 0 Å². The van der Waals surface area contributed by atoms with E-state index in [1.165, 1.54) is 20.8 Å². The van der Waals surface area contributed by atoms with Gasteiger partial charge in [-0.05, 0) is 151 Å². The van der Waals surface area contributed by atoms with Crippen LogP contribution in [-0.2, 0) is 89.6 Å². The van der Waals surface area contributed by atoms with Crippen LogP contribution in [0.2, 0.25) is 0 Å². The summed E-state index contributed by atoms with van der Waals surface area (Å²) < 4.78 is 0. The van der Waals surface area contributed by atoms with Gasteiger partial charge in [0.25, 0.3) is 0 Å². The van der Waals surface area contributed by atoms with Crippen LogP contribution in [0.4, 0.5) is 0 Å². The van der Waals surface area contributed by atoms with Gasteiger partial charge in [-0.15, -0.1) is 0 Å². The fraction of sp³-hybridized carbons (Fsp3) is 0.613. The number of fused-ring (bicyclic) bond motifs is 1. The van der Waals surface area contributed by atoms with E-state index < -0.39 is 239 Å². The molecule has 2 aromatic carbocycles. The number of rotatable bonds is 67. The third-order valence-electron chi connectivity index (χ3n) is 23.8. The van der Waals surface area contributed by atoms with Crippen molar-refractivity contribution in [3.05, 3.63) is 71.9 Å². The van der Waals surface area contributed by atoms with Gasteiger partial charge in [-0.25, -0.2) is 0 Å². The predicted octanol–water partition coefficient (Wildman–Crippen LogP) is -5.87. The Kier molecular flexibility index (Phi) is 55.3. The van der Waals surface area contributed by atoms with Gasteiger partial charge in [0.05, 0.1) is 6.04 Å². The molecule has 0 unspecified atom stereocenters. The van der Waals surface area contributed by atoms with Crippen LogP contribution in [0.3, 0.4) is 0 Å². The van der Waals surface area contributed by atoms with Crippen molar-refractivity contribution in [1.82, 2.24) is 117 Å². The molecule has 0 aliphatic carbocycles. The number of aromatic nitrogens is 1. The monoisotopic (exact) mass is 2040 g/mol. The second kappa shape index (κ2) is 64.6. The van der Waals surface area contributed by atoms with Crippen LogP contribution in [-0.4, -0.2) is 271 Å². The number of amides is 16. The number of carbonyl (C=O) groups excluding carboxylic acids is 16. The Balaban J connectivity index is 2.04. The molecule has 44 N–H and O–H groups in total. The van der Waals surface area contributed by atoms with E-state index in [0.717, 1.165) is 10.9 Å². The Morgan fingerprint density at radius 3 is 0.890 bits per heavy atom. The Bertz CT molecular complexity index is 4850. The Labute approximate surface area is 845 Å². The molecule has 0 spiro atoms. The number of hydrogen-bond acceptors (Lipinski definition) is 23. The molecule has 808 valence electrons. The van der Waals surface area contributed by atoms with Crippen molar-refractivity contribution >= 4 is 141 Å².